The predicted octanol–water partition coefficient (Wildman–Crippen LogP) is 2.59. The zero-order valence-corrected chi connectivity index (χ0v) is 13.9. The second-order valence-corrected chi connectivity index (χ2v) is 6.48. The Bertz CT molecular complexity index is 664. The Morgan fingerprint density at radius 2 is 1.71 bits per heavy atom. The number of nitrogen functional groups attached to an aromatic ring is 1. The minimum Gasteiger partial charge on any atom is -0.398 e. The van der Waals surface area contributed by atoms with Crippen LogP contribution in [0.4, 0.5) is 5.69 Å². The van der Waals surface area contributed by atoms with E-state index in [1.165, 1.54) is 5.56 Å². The van der Waals surface area contributed by atoms with Crippen molar-refractivity contribution in [3.8, 4) is 0 Å². The molecule has 4 heteroatoms. The van der Waals surface area contributed by atoms with Gasteiger partial charge in [-0.3, -0.25) is 9.69 Å². The van der Waals surface area contributed by atoms with Gasteiger partial charge in [-0.05, 0) is 30.0 Å². The van der Waals surface area contributed by atoms with Crippen molar-refractivity contribution < 1.29 is 4.79 Å². The van der Waals surface area contributed by atoms with E-state index in [4.69, 9.17) is 5.73 Å². The molecule has 0 aliphatic carbocycles. The number of benzene rings is 2. The largest absolute Gasteiger partial charge is 0.398 e. The quantitative estimate of drug-likeness (QED) is 0.832. The summed E-state index contributed by atoms with van der Waals surface area (Å²) in [5.74, 6) is 0.0643. The zero-order valence-electron chi connectivity index (χ0n) is 13.9. The third-order valence-corrected chi connectivity index (χ3v) is 4.61. The van der Waals surface area contributed by atoms with Gasteiger partial charge in [0.15, 0.2) is 0 Å². The number of piperidine rings is 1. The molecule has 126 valence electrons. The van der Waals surface area contributed by atoms with Crippen LogP contribution in [0.15, 0.2) is 54.6 Å². The molecule has 0 saturated carbocycles. The Hall–Kier alpha value is -2.33. The summed E-state index contributed by atoms with van der Waals surface area (Å²) in [6, 6.07) is 18.4. The number of nitrogens with one attached hydrogen (secondary N) is 1. The lowest BCUT2D eigenvalue weighted by Gasteiger charge is -2.32. The minimum absolute atomic E-state index is 0.0643. The van der Waals surface area contributed by atoms with Gasteiger partial charge in [0.2, 0.25) is 5.91 Å². The van der Waals surface area contributed by atoms with Crippen LogP contribution in [0.3, 0.4) is 0 Å². The Balaban J connectivity index is 1.43. The van der Waals surface area contributed by atoms with Crippen molar-refractivity contribution >= 4 is 11.6 Å². The summed E-state index contributed by atoms with van der Waals surface area (Å²) in [6.07, 6.45) is 2.36. The first-order valence-electron chi connectivity index (χ1n) is 8.60. The maximum Gasteiger partial charge on any atom is 0.224 e. The van der Waals surface area contributed by atoms with Crippen molar-refractivity contribution in [3.63, 3.8) is 0 Å². The number of para-hydroxylation sites is 1. The lowest BCUT2D eigenvalue weighted by Crippen LogP contribution is -2.44. The molecule has 2 aromatic carbocycles. The van der Waals surface area contributed by atoms with E-state index in [0.717, 1.165) is 38.0 Å². The van der Waals surface area contributed by atoms with E-state index in [0.29, 0.717) is 12.1 Å². The van der Waals surface area contributed by atoms with Gasteiger partial charge < -0.3 is 11.1 Å². The number of nitrogens with zero attached hydrogens (tertiary/aromatic N) is 1. The van der Waals surface area contributed by atoms with Crippen molar-refractivity contribution in [1.29, 1.82) is 0 Å². The van der Waals surface area contributed by atoms with Crippen LogP contribution in [-0.2, 0) is 17.8 Å². The SMILES string of the molecule is Nc1ccccc1CC(=O)NC1CCN(Cc2ccccc2)CC1. The number of carbonyl (C=O) groups excluding carboxylic acids is 1. The highest BCUT2D eigenvalue weighted by Gasteiger charge is 2.20. The lowest BCUT2D eigenvalue weighted by molar-refractivity contribution is -0.121. The van der Waals surface area contributed by atoms with Crippen LogP contribution < -0.4 is 11.1 Å². The molecule has 3 N–H and O–H groups in total. The third-order valence-electron chi connectivity index (χ3n) is 4.61. The average Bonchev–Trinajstić information content (AvgIpc) is 2.60. The first-order chi connectivity index (χ1) is 11.7. The molecule has 1 aliphatic heterocycles. The molecular formula is C20H25N3O. The lowest BCUT2D eigenvalue weighted by atomic mass is 10.0. The fourth-order valence-electron chi connectivity index (χ4n) is 3.22. The Morgan fingerprint density at radius 3 is 2.42 bits per heavy atom. The molecule has 2 aromatic rings. The molecule has 1 heterocycles. The maximum atomic E-state index is 12.2. The summed E-state index contributed by atoms with van der Waals surface area (Å²) in [5.41, 5.74) is 8.84. The van der Waals surface area contributed by atoms with Gasteiger partial charge in [-0.2, -0.15) is 0 Å². The van der Waals surface area contributed by atoms with E-state index >= 15 is 0 Å². The van der Waals surface area contributed by atoms with Crippen molar-refractivity contribution in [1.82, 2.24) is 10.2 Å². The summed E-state index contributed by atoms with van der Waals surface area (Å²) in [6.45, 7) is 3.03. The molecule has 0 bridgehead atoms. The molecular weight excluding hydrogens is 298 g/mol. The fourth-order valence-corrected chi connectivity index (χ4v) is 3.22. The second-order valence-electron chi connectivity index (χ2n) is 6.48. The number of carbonyl (C=O) groups is 1. The number of hydrogen-bond acceptors (Lipinski definition) is 3. The highest BCUT2D eigenvalue weighted by molar-refractivity contribution is 5.80. The Kier molecular flexibility index (Phi) is 5.49. The fraction of sp³-hybridized carbons (Fsp3) is 0.350. The first kappa shape index (κ1) is 16.5. The number of hydrogen-bond donors (Lipinski definition) is 2. The Labute approximate surface area is 143 Å². The van der Waals surface area contributed by atoms with Gasteiger partial charge in [-0.15, -0.1) is 0 Å². The highest BCUT2D eigenvalue weighted by Crippen LogP contribution is 2.15. The number of nitrogens with two attached hydrogens (primary N) is 1. The Morgan fingerprint density at radius 1 is 1.04 bits per heavy atom. The van der Waals surface area contributed by atoms with Crippen LogP contribution in [0.1, 0.15) is 24.0 Å². The van der Waals surface area contributed by atoms with Gasteiger partial charge in [-0.1, -0.05) is 48.5 Å². The molecule has 1 amide bonds. The molecule has 1 saturated heterocycles. The molecule has 24 heavy (non-hydrogen) atoms. The second kappa shape index (κ2) is 7.97. The van der Waals surface area contributed by atoms with Gasteiger partial charge in [-0.25, -0.2) is 0 Å². The molecule has 0 atom stereocenters. The van der Waals surface area contributed by atoms with Gasteiger partial charge in [0.1, 0.15) is 0 Å². The molecule has 3 rings (SSSR count). The smallest absolute Gasteiger partial charge is 0.224 e. The summed E-state index contributed by atoms with van der Waals surface area (Å²) >= 11 is 0. The van der Waals surface area contributed by atoms with E-state index in [1.807, 2.05) is 30.3 Å². The van der Waals surface area contributed by atoms with Crippen molar-refractivity contribution in [3.05, 3.63) is 65.7 Å². The number of anilines is 1. The molecule has 4 nitrogen and oxygen atoms in total. The topological polar surface area (TPSA) is 58.4 Å². The van der Waals surface area contributed by atoms with E-state index in [-0.39, 0.29) is 11.9 Å². The molecule has 0 unspecified atom stereocenters. The summed E-state index contributed by atoms with van der Waals surface area (Å²) in [7, 11) is 0. The van der Waals surface area contributed by atoms with Crippen molar-refractivity contribution in [2.24, 2.45) is 0 Å². The van der Waals surface area contributed by atoms with Crippen LogP contribution in [0.25, 0.3) is 0 Å². The van der Waals surface area contributed by atoms with Crippen molar-refractivity contribution in [2.75, 3.05) is 18.8 Å². The number of rotatable bonds is 5. The molecule has 0 spiro atoms. The minimum atomic E-state index is 0.0643. The van der Waals surface area contributed by atoms with Crippen LogP contribution in [-0.4, -0.2) is 29.9 Å². The molecule has 0 aromatic heterocycles. The standard InChI is InChI=1S/C20H25N3O/c21-19-9-5-4-8-17(19)14-20(24)22-18-10-12-23(13-11-18)15-16-6-2-1-3-7-16/h1-9,18H,10-15,21H2,(H,22,24). The first-order valence-corrected chi connectivity index (χ1v) is 8.60. The highest BCUT2D eigenvalue weighted by atomic mass is 16.1. The van der Waals surface area contributed by atoms with Crippen LogP contribution >= 0.6 is 0 Å². The van der Waals surface area contributed by atoms with Gasteiger partial charge in [0.25, 0.3) is 0 Å². The molecule has 1 aliphatic rings. The van der Waals surface area contributed by atoms with Crippen LogP contribution in [0.5, 0.6) is 0 Å². The monoisotopic (exact) mass is 323 g/mol. The normalized spacial score (nSPS) is 16.0. The van der Waals surface area contributed by atoms with E-state index in [9.17, 15) is 4.79 Å². The number of likely N-dealkylation sites (tertiary alicyclic amines) is 1. The molecule has 1 fully saturated rings. The van der Waals surface area contributed by atoms with E-state index in [2.05, 4.69) is 34.5 Å². The van der Waals surface area contributed by atoms with Crippen molar-refractivity contribution in [2.45, 2.75) is 31.8 Å². The zero-order chi connectivity index (χ0) is 16.8. The maximum absolute atomic E-state index is 12.2. The van der Waals surface area contributed by atoms with Gasteiger partial charge >= 0.3 is 0 Å². The average molecular weight is 323 g/mol. The molecule has 0 radical (unpaired) electrons. The van der Waals surface area contributed by atoms with Crippen LogP contribution in [0.2, 0.25) is 0 Å². The third kappa shape index (κ3) is 4.59. The van der Waals surface area contributed by atoms with E-state index < -0.39 is 0 Å². The summed E-state index contributed by atoms with van der Waals surface area (Å²) < 4.78 is 0. The van der Waals surface area contributed by atoms with Gasteiger partial charge in [0, 0.05) is 31.4 Å². The predicted molar refractivity (Wildman–Crippen MR) is 97.4 cm³/mol. The summed E-state index contributed by atoms with van der Waals surface area (Å²) in [4.78, 5) is 14.7. The van der Waals surface area contributed by atoms with Gasteiger partial charge in [0.05, 0.1) is 6.42 Å². The van der Waals surface area contributed by atoms with E-state index in [1.54, 1.807) is 0 Å². The van der Waals surface area contributed by atoms with Crippen LogP contribution in [0, 0.1) is 0 Å². The summed E-state index contributed by atoms with van der Waals surface area (Å²) in [5, 5.41) is 3.16. The number of amides is 1.